The molecular weight excluding hydrogens is 236 g/mol. The summed E-state index contributed by atoms with van der Waals surface area (Å²) in [6.07, 6.45) is 4.01. The molecule has 2 aromatic rings. The van der Waals surface area contributed by atoms with E-state index >= 15 is 0 Å². The summed E-state index contributed by atoms with van der Waals surface area (Å²) in [5, 5.41) is 3.07. The molecule has 0 bridgehead atoms. The smallest absolute Gasteiger partial charge is 0.145 e. The number of aromatic nitrogens is 2. The van der Waals surface area contributed by atoms with Crippen molar-refractivity contribution in [2.24, 2.45) is 0 Å². The maximum atomic E-state index is 13.1. The number of hydrogen-bond donors (Lipinski definition) is 1. The molecule has 0 spiro atoms. The highest BCUT2D eigenvalue weighted by Gasteiger charge is 2.05. The van der Waals surface area contributed by atoms with Gasteiger partial charge in [0, 0.05) is 18.2 Å². The number of nitrogens with one attached hydrogen (secondary N) is 1. The fourth-order valence-corrected chi connectivity index (χ4v) is 1.55. The van der Waals surface area contributed by atoms with Gasteiger partial charge in [-0.1, -0.05) is 6.92 Å². The Morgan fingerprint density at radius 3 is 2.50 bits per heavy atom. The minimum absolute atomic E-state index is 0.375. The maximum Gasteiger partial charge on any atom is 0.145 e. The third-order valence-corrected chi connectivity index (χ3v) is 2.35. The Hall–Kier alpha value is -2.04. The average molecular weight is 249 g/mol. The number of anilines is 1. The second-order valence-electron chi connectivity index (χ2n) is 3.87. The minimum Gasteiger partial charge on any atom is -0.369 e. The Bertz CT molecular complexity index is 523. The second kappa shape index (κ2) is 5.53. The van der Waals surface area contributed by atoms with Gasteiger partial charge >= 0.3 is 0 Å². The first-order valence-electron chi connectivity index (χ1n) is 5.71. The third kappa shape index (κ3) is 3.00. The Kier molecular flexibility index (Phi) is 3.82. The van der Waals surface area contributed by atoms with Crippen LogP contribution in [0.25, 0.3) is 11.3 Å². The van der Waals surface area contributed by atoms with Gasteiger partial charge in [0.25, 0.3) is 0 Å². The first-order chi connectivity index (χ1) is 8.69. The largest absolute Gasteiger partial charge is 0.369 e. The summed E-state index contributed by atoms with van der Waals surface area (Å²) in [6.45, 7) is 2.81. The van der Waals surface area contributed by atoms with E-state index in [-0.39, 0.29) is 0 Å². The molecule has 0 aliphatic rings. The van der Waals surface area contributed by atoms with Gasteiger partial charge in [0.2, 0.25) is 0 Å². The van der Waals surface area contributed by atoms with Crippen LogP contribution in [-0.4, -0.2) is 16.5 Å². The summed E-state index contributed by atoms with van der Waals surface area (Å²) in [6, 6.07) is 3.30. The van der Waals surface area contributed by atoms with Crippen molar-refractivity contribution in [2.75, 3.05) is 11.9 Å². The van der Waals surface area contributed by atoms with E-state index in [0.717, 1.165) is 19.0 Å². The lowest BCUT2D eigenvalue weighted by Crippen LogP contribution is -2.03. The van der Waals surface area contributed by atoms with Crippen molar-refractivity contribution in [1.29, 1.82) is 0 Å². The zero-order chi connectivity index (χ0) is 13.0. The molecule has 1 aromatic carbocycles. The molecule has 0 aliphatic carbocycles. The van der Waals surface area contributed by atoms with E-state index in [4.69, 9.17) is 0 Å². The van der Waals surface area contributed by atoms with Crippen molar-refractivity contribution in [3.63, 3.8) is 0 Å². The highest BCUT2D eigenvalue weighted by atomic mass is 19.1. The lowest BCUT2D eigenvalue weighted by atomic mass is 10.1. The third-order valence-electron chi connectivity index (χ3n) is 2.35. The van der Waals surface area contributed by atoms with E-state index < -0.39 is 11.6 Å². The fraction of sp³-hybridized carbons (Fsp3) is 0.231. The summed E-state index contributed by atoms with van der Waals surface area (Å²) < 4.78 is 26.2. The molecule has 0 saturated heterocycles. The molecule has 3 nitrogen and oxygen atoms in total. The van der Waals surface area contributed by atoms with Gasteiger partial charge in [-0.2, -0.15) is 0 Å². The molecule has 94 valence electrons. The lowest BCUT2D eigenvalue weighted by molar-refractivity contribution is 0.584. The van der Waals surface area contributed by atoms with Crippen molar-refractivity contribution >= 4 is 5.82 Å². The Morgan fingerprint density at radius 1 is 1.11 bits per heavy atom. The molecule has 0 radical (unpaired) electrons. The first kappa shape index (κ1) is 12.4. The average Bonchev–Trinajstić information content (AvgIpc) is 2.35. The van der Waals surface area contributed by atoms with Crippen LogP contribution in [0.3, 0.4) is 0 Å². The number of benzene rings is 1. The lowest BCUT2D eigenvalue weighted by Gasteiger charge is -2.06. The highest BCUT2D eigenvalue weighted by molar-refractivity contribution is 5.60. The van der Waals surface area contributed by atoms with E-state index in [0.29, 0.717) is 17.1 Å². The van der Waals surface area contributed by atoms with Crippen LogP contribution in [0.1, 0.15) is 13.3 Å². The minimum atomic E-state index is -0.626. The van der Waals surface area contributed by atoms with Gasteiger partial charge in [-0.05, 0) is 18.6 Å². The van der Waals surface area contributed by atoms with E-state index in [2.05, 4.69) is 15.3 Å². The molecule has 1 N–H and O–H groups in total. The van der Waals surface area contributed by atoms with Gasteiger partial charge < -0.3 is 5.32 Å². The van der Waals surface area contributed by atoms with E-state index in [1.807, 2.05) is 6.92 Å². The van der Waals surface area contributed by atoms with E-state index in [1.165, 1.54) is 18.3 Å². The summed E-state index contributed by atoms with van der Waals surface area (Å²) in [7, 11) is 0. The number of hydrogen-bond acceptors (Lipinski definition) is 3. The molecule has 1 aromatic heterocycles. The molecule has 2 rings (SSSR count). The molecular formula is C13H13F2N3. The zero-order valence-electron chi connectivity index (χ0n) is 9.95. The van der Waals surface area contributed by atoms with Crippen LogP contribution in [0.4, 0.5) is 14.6 Å². The van der Waals surface area contributed by atoms with Crippen molar-refractivity contribution in [2.45, 2.75) is 13.3 Å². The van der Waals surface area contributed by atoms with Crippen molar-refractivity contribution in [3.05, 3.63) is 42.2 Å². The predicted molar refractivity (Wildman–Crippen MR) is 66.2 cm³/mol. The van der Waals surface area contributed by atoms with Crippen molar-refractivity contribution in [3.8, 4) is 11.3 Å². The SMILES string of the molecule is CCCNc1cncc(-c2cc(F)cc(F)c2)n1. The van der Waals surface area contributed by atoms with Gasteiger partial charge in [0.05, 0.1) is 18.1 Å². The van der Waals surface area contributed by atoms with Gasteiger partial charge in [-0.15, -0.1) is 0 Å². The van der Waals surface area contributed by atoms with Crippen LogP contribution in [0.15, 0.2) is 30.6 Å². The Morgan fingerprint density at radius 2 is 1.83 bits per heavy atom. The van der Waals surface area contributed by atoms with Crippen molar-refractivity contribution in [1.82, 2.24) is 9.97 Å². The molecule has 5 heteroatoms. The molecule has 0 aliphatic heterocycles. The van der Waals surface area contributed by atoms with Crippen molar-refractivity contribution < 1.29 is 8.78 Å². The van der Waals surface area contributed by atoms with Crippen LogP contribution in [0, 0.1) is 11.6 Å². The fourth-order valence-electron chi connectivity index (χ4n) is 1.55. The van der Waals surface area contributed by atoms with Gasteiger partial charge in [0.15, 0.2) is 0 Å². The first-order valence-corrected chi connectivity index (χ1v) is 5.71. The van der Waals surface area contributed by atoms with Gasteiger partial charge in [-0.25, -0.2) is 13.8 Å². The van der Waals surface area contributed by atoms with Gasteiger partial charge in [-0.3, -0.25) is 4.98 Å². The molecule has 0 amide bonds. The van der Waals surface area contributed by atoms with Gasteiger partial charge in [0.1, 0.15) is 17.5 Å². The zero-order valence-corrected chi connectivity index (χ0v) is 9.95. The molecule has 18 heavy (non-hydrogen) atoms. The van der Waals surface area contributed by atoms with Crippen LogP contribution in [0.5, 0.6) is 0 Å². The number of rotatable bonds is 4. The predicted octanol–water partition coefficient (Wildman–Crippen LogP) is 3.24. The van der Waals surface area contributed by atoms with Crippen LogP contribution in [-0.2, 0) is 0 Å². The standard InChI is InChI=1S/C13H13F2N3/c1-2-3-17-13-8-16-7-12(18-13)9-4-10(14)6-11(15)5-9/h4-8H,2-3H2,1H3,(H,17,18). The molecule has 0 saturated carbocycles. The van der Waals surface area contributed by atoms with E-state index in [9.17, 15) is 8.78 Å². The van der Waals surface area contributed by atoms with Crippen LogP contribution >= 0.6 is 0 Å². The Labute approximate surface area is 104 Å². The summed E-state index contributed by atoms with van der Waals surface area (Å²) in [5.41, 5.74) is 0.814. The number of halogens is 2. The molecule has 1 heterocycles. The monoisotopic (exact) mass is 249 g/mol. The summed E-state index contributed by atoms with van der Waals surface area (Å²) in [5.74, 6) is -0.656. The van der Waals surface area contributed by atoms with E-state index in [1.54, 1.807) is 6.20 Å². The normalized spacial score (nSPS) is 10.4. The molecule has 0 unspecified atom stereocenters. The summed E-state index contributed by atoms with van der Waals surface area (Å²) in [4.78, 5) is 8.26. The van der Waals surface area contributed by atoms with Crippen LogP contribution in [0.2, 0.25) is 0 Å². The quantitative estimate of drug-likeness (QED) is 0.903. The number of nitrogens with zero attached hydrogens (tertiary/aromatic N) is 2. The maximum absolute atomic E-state index is 13.1. The highest BCUT2D eigenvalue weighted by Crippen LogP contribution is 2.20. The summed E-state index contributed by atoms with van der Waals surface area (Å²) >= 11 is 0. The molecule has 0 atom stereocenters. The topological polar surface area (TPSA) is 37.8 Å². The second-order valence-corrected chi connectivity index (χ2v) is 3.87. The Balaban J connectivity index is 2.32. The van der Waals surface area contributed by atoms with Crippen LogP contribution < -0.4 is 5.32 Å². The molecule has 0 fully saturated rings.